The van der Waals surface area contributed by atoms with Crippen molar-refractivity contribution in [2.24, 2.45) is 0 Å². The number of carbonyl (C=O) groups excluding carboxylic acids is 3. The van der Waals surface area contributed by atoms with Gasteiger partial charge >= 0.3 is 11.9 Å². The Morgan fingerprint density at radius 2 is 1.93 bits per heavy atom. The highest BCUT2D eigenvalue weighted by molar-refractivity contribution is 6.00. The molecule has 0 spiro atoms. The van der Waals surface area contributed by atoms with Gasteiger partial charge in [0, 0.05) is 25.2 Å². The average Bonchev–Trinajstić information content (AvgIpc) is 2.54. The Hall–Kier alpha value is -2.55. The topological polar surface area (TPSA) is 82.1 Å². The van der Waals surface area contributed by atoms with Gasteiger partial charge in [0.05, 0.1) is 6.61 Å². The summed E-state index contributed by atoms with van der Waals surface area (Å²) in [5, 5.41) is 0. The lowest BCUT2D eigenvalue weighted by Gasteiger charge is -2.35. The zero-order chi connectivity index (χ0) is 20.4. The molecule has 1 amide bonds. The monoisotopic (exact) mass is 385 g/mol. The summed E-state index contributed by atoms with van der Waals surface area (Å²) >= 11 is 0. The first-order chi connectivity index (χ1) is 12.5. The minimum Gasteiger partial charge on any atom is -0.457 e. The summed E-state index contributed by atoms with van der Waals surface area (Å²) in [4.78, 5) is 37.8. The number of hydrogen-bond acceptors (Lipinski definition) is 6. The van der Waals surface area contributed by atoms with Gasteiger partial charge in [0.25, 0.3) is 5.91 Å². The van der Waals surface area contributed by atoms with E-state index >= 15 is 0 Å². The number of nitrogens with zero attached hydrogens (tertiary/aromatic N) is 1. The van der Waals surface area contributed by atoms with E-state index in [1.54, 1.807) is 20.8 Å². The molecule has 1 aromatic rings. The van der Waals surface area contributed by atoms with Crippen LogP contribution in [0, 0.1) is 11.6 Å². The van der Waals surface area contributed by atoms with Gasteiger partial charge in [-0.2, -0.15) is 0 Å². The van der Waals surface area contributed by atoms with Crippen molar-refractivity contribution in [2.75, 3.05) is 18.1 Å². The molecule has 9 heteroatoms. The fourth-order valence-electron chi connectivity index (χ4n) is 2.50. The van der Waals surface area contributed by atoms with Crippen molar-refractivity contribution in [3.05, 3.63) is 29.8 Å². The first-order valence-corrected chi connectivity index (χ1v) is 8.27. The fraction of sp³-hybridized carbons (Fsp3) is 0.500. The maximum absolute atomic E-state index is 13.5. The Balaban J connectivity index is 2.29. The summed E-state index contributed by atoms with van der Waals surface area (Å²) < 4.78 is 42.2. The van der Waals surface area contributed by atoms with Crippen LogP contribution in [0.15, 0.2) is 18.2 Å². The van der Waals surface area contributed by atoms with Crippen molar-refractivity contribution in [3.8, 4) is 0 Å². The van der Waals surface area contributed by atoms with Crippen LogP contribution in [0.25, 0.3) is 0 Å². The van der Waals surface area contributed by atoms with E-state index in [1.807, 2.05) is 0 Å². The Morgan fingerprint density at radius 1 is 1.26 bits per heavy atom. The number of ether oxygens (including phenoxy) is 3. The first kappa shape index (κ1) is 20.8. The molecule has 2 atom stereocenters. The number of halogens is 2. The minimum atomic E-state index is -1.62. The van der Waals surface area contributed by atoms with Gasteiger partial charge in [0.15, 0.2) is 17.7 Å². The second-order valence-corrected chi connectivity index (χ2v) is 6.94. The highest BCUT2D eigenvalue weighted by atomic mass is 19.2. The van der Waals surface area contributed by atoms with E-state index in [0.29, 0.717) is 0 Å². The lowest BCUT2D eigenvalue weighted by molar-refractivity contribution is -0.188. The number of rotatable bonds is 4. The number of benzene rings is 1. The predicted molar refractivity (Wildman–Crippen MR) is 89.9 cm³/mol. The average molecular weight is 385 g/mol. The molecular weight excluding hydrogens is 364 g/mol. The summed E-state index contributed by atoms with van der Waals surface area (Å²) in [5.74, 6) is -4.64. The van der Waals surface area contributed by atoms with Crippen molar-refractivity contribution < 1.29 is 37.4 Å². The third kappa shape index (κ3) is 5.22. The summed E-state index contributed by atoms with van der Waals surface area (Å²) in [5.41, 5.74) is -0.787. The van der Waals surface area contributed by atoms with Crippen molar-refractivity contribution in [1.82, 2.24) is 0 Å². The molecule has 2 rings (SSSR count). The summed E-state index contributed by atoms with van der Waals surface area (Å²) in [6.07, 6.45) is -3.09. The quantitative estimate of drug-likeness (QED) is 0.737. The maximum Gasteiger partial charge on any atom is 0.351 e. The molecule has 1 fully saturated rings. The number of carbonyl (C=O) groups is 3. The Labute approximate surface area is 155 Å². The van der Waals surface area contributed by atoms with Gasteiger partial charge in [-0.15, -0.1) is 0 Å². The van der Waals surface area contributed by atoms with Crippen LogP contribution < -0.4 is 4.90 Å². The van der Waals surface area contributed by atoms with Crippen molar-refractivity contribution in [1.29, 1.82) is 0 Å². The molecular formula is C18H21F2NO6. The largest absolute Gasteiger partial charge is 0.457 e. The van der Waals surface area contributed by atoms with Gasteiger partial charge in [0.1, 0.15) is 5.60 Å². The maximum atomic E-state index is 13.5. The summed E-state index contributed by atoms with van der Waals surface area (Å²) in [6.45, 7) is 5.99. The molecule has 2 unspecified atom stereocenters. The molecule has 148 valence electrons. The smallest absolute Gasteiger partial charge is 0.351 e. The van der Waals surface area contributed by atoms with Crippen LogP contribution >= 0.6 is 0 Å². The summed E-state index contributed by atoms with van der Waals surface area (Å²) in [7, 11) is 0. The van der Waals surface area contributed by atoms with Crippen LogP contribution in [-0.4, -0.2) is 48.8 Å². The van der Waals surface area contributed by atoms with Crippen LogP contribution in [0.1, 0.15) is 27.7 Å². The third-order valence-electron chi connectivity index (χ3n) is 3.54. The molecule has 1 heterocycles. The van der Waals surface area contributed by atoms with Crippen LogP contribution in [0.2, 0.25) is 0 Å². The molecule has 1 aromatic carbocycles. The van der Waals surface area contributed by atoms with Crippen molar-refractivity contribution in [2.45, 2.75) is 45.5 Å². The van der Waals surface area contributed by atoms with Gasteiger partial charge in [0.2, 0.25) is 6.10 Å². The van der Waals surface area contributed by atoms with E-state index in [9.17, 15) is 23.2 Å². The van der Waals surface area contributed by atoms with Gasteiger partial charge in [-0.05, 0) is 32.9 Å². The molecule has 1 aliphatic rings. The third-order valence-corrected chi connectivity index (χ3v) is 3.54. The van der Waals surface area contributed by atoms with Crippen LogP contribution in [0.3, 0.4) is 0 Å². The highest BCUT2D eigenvalue weighted by Gasteiger charge is 2.44. The fourth-order valence-corrected chi connectivity index (χ4v) is 2.50. The second kappa shape index (κ2) is 7.99. The molecule has 0 aromatic heterocycles. The molecule has 0 aliphatic carbocycles. The normalized spacial score (nSPS) is 18.8. The molecule has 0 radical (unpaired) electrons. The van der Waals surface area contributed by atoms with E-state index in [1.165, 1.54) is 6.07 Å². The van der Waals surface area contributed by atoms with Crippen LogP contribution in [0.4, 0.5) is 14.5 Å². The van der Waals surface area contributed by atoms with E-state index in [2.05, 4.69) is 0 Å². The zero-order valence-electron chi connectivity index (χ0n) is 15.5. The minimum absolute atomic E-state index is 0.00400. The van der Waals surface area contributed by atoms with Gasteiger partial charge in [-0.3, -0.25) is 9.59 Å². The molecule has 0 saturated carbocycles. The lowest BCUT2D eigenvalue weighted by atomic mass is 10.1. The zero-order valence-corrected chi connectivity index (χ0v) is 15.5. The van der Waals surface area contributed by atoms with Crippen LogP contribution in [0.5, 0.6) is 0 Å². The molecule has 27 heavy (non-hydrogen) atoms. The van der Waals surface area contributed by atoms with Crippen LogP contribution in [-0.2, 0) is 28.6 Å². The first-order valence-electron chi connectivity index (χ1n) is 8.27. The predicted octanol–water partition coefficient (Wildman–Crippen LogP) is 1.97. The molecule has 7 nitrogen and oxygen atoms in total. The summed E-state index contributed by atoms with van der Waals surface area (Å²) in [6, 6.07) is 2.98. The van der Waals surface area contributed by atoms with E-state index < -0.39 is 47.3 Å². The number of anilines is 1. The molecule has 1 saturated heterocycles. The SMILES string of the molecule is CC(=O)OC(C(=O)OC(C)(C)C)C1OCCN(c2ccc(F)c(F)c2)C1=O. The van der Waals surface area contributed by atoms with Crippen molar-refractivity contribution >= 4 is 23.5 Å². The Kier molecular flexibility index (Phi) is 6.15. The Morgan fingerprint density at radius 3 is 2.48 bits per heavy atom. The van der Waals surface area contributed by atoms with E-state index in [0.717, 1.165) is 24.0 Å². The molecule has 1 aliphatic heterocycles. The van der Waals surface area contributed by atoms with Gasteiger partial charge in [-0.25, -0.2) is 13.6 Å². The van der Waals surface area contributed by atoms with E-state index in [-0.39, 0.29) is 18.8 Å². The van der Waals surface area contributed by atoms with Crippen molar-refractivity contribution in [3.63, 3.8) is 0 Å². The van der Waals surface area contributed by atoms with Gasteiger partial charge in [-0.1, -0.05) is 0 Å². The molecule has 0 bridgehead atoms. The highest BCUT2D eigenvalue weighted by Crippen LogP contribution is 2.24. The van der Waals surface area contributed by atoms with E-state index in [4.69, 9.17) is 14.2 Å². The Bertz CT molecular complexity index is 746. The number of morpholine rings is 1. The standard InChI is InChI=1S/C18H21F2NO6/c1-10(22)26-15(17(24)27-18(2,3)4)14-16(23)21(7-8-25-14)11-5-6-12(19)13(20)9-11/h5-6,9,14-15H,7-8H2,1-4H3. The van der Waals surface area contributed by atoms with Gasteiger partial charge < -0.3 is 19.1 Å². The second-order valence-electron chi connectivity index (χ2n) is 6.94. The molecule has 0 N–H and O–H groups in total. The number of hydrogen-bond donors (Lipinski definition) is 0. The number of amides is 1. The lowest BCUT2D eigenvalue weighted by Crippen LogP contribution is -2.56. The number of esters is 2.